The van der Waals surface area contributed by atoms with Crippen molar-refractivity contribution in [3.05, 3.63) is 52.2 Å². The Morgan fingerprint density at radius 3 is 2.90 bits per heavy atom. The van der Waals surface area contributed by atoms with E-state index in [2.05, 4.69) is 29.2 Å². The van der Waals surface area contributed by atoms with Gasteiger partial charge in [0.15, 0.2) is 5.78 Å². The highest BCUT2D eigenvalue weighted by Gasteiger charge is 2.15. The predicted octanol–water partition coefficient (Wildman–Crippen LogP) is 4.55. The summed E-state index contributed by atoms with van der Waals surface area (Å²) < 4.78 is 0. The molecular weight excluding hydrogens is 278 g/mol. The van der Waals surface area contributed by atoms with E-state index in [4.69, 9.17) is 0 Å². The molecule has 2 heterocycles. The van der Waals surface area contributed by atoms with Crippen LogP contribution in [0.3, 0.4) is 0 Å². The van der Waals surface area contributed by atoms with E-state index < -0.39 is 0 Å². The maximum Gasteiger partial charge on any atom is 0.172 e. The molecule has 110 valence electrons. The van der Waals surface area contributed by atoms with Crippen molar-refractivity contribution in [2.75, 3.05) is 18.0 Å². The number of rotatable bonds is 5. The quantitative estimate of drug-likeness (QED) is 0.755. The number of ketones is 1. The molecule has 3 heteroatoms. The van der Waals surface area contributed by atoms with Gasteiger partial charge < -0.3 is 4.90 Å². The van der Waals surface area contributed by atoms with Gasteiger partial charge in [0.2, 0.25) is 0 Å². The average Bonchev–Trinajstić information content (AvgIpc) is 2.97. The summed E-state index contributed by atoms with van der Waals surface area (Å²) in [6.07, 6.45) is 5.28. The van der Waals surface area contributed by atoms with Gasteiger partial charge >= 0.3 is 0 Å². The fraction of sp³-hybridized carbons (Fsp3) is 0.389. The van der Waals surface area contributed by atoms with Gasteiger partial charge in [0.25, 0.3) is 0 Å². The number of hydrogen-bond donors (Lipinski definition) is 0. The molecule has 0 spiro atoms. The van der Waals surface area contributed by atoms with Gasteiger partial charge in [-0.2, -0.15) is 0 Å². The lowest BCUT2D eigenvalue weighted by Crippen LogP contribution is -2.25. The van der Waals surface area contributed by atoms with Gasteiger partial charge in [0.1, 0.15) is 0 Å². The summed E-state index contributed by atoms with van der Waals surface area (Å²) in [4.78, 5) is 15.4. The smallest absolute Gasteiger partial charge is 0.172 e. The van der Waals surface area contributed by atoms with Crippen molar-refractivity contribution in [3.63, 3.8) is 0 Å². The zero-order valence-corrected chi connectivity index (χ0v) is 13.1. The Bertz CT molecular complexity index is 591. The van der Waals surface area contributed by atoms with Gasteiger partial charge in [0, 0.05) is 25.2 Å². The Balaban J connectivity index is 1.59. The molecule has 1 aliphatic heterocycles. The van der Waals surface area contributed by atoms with Crippen LogP contribution >= 0.6 is 11.3 Å². The Hall–Kier alpha value is -1.61. The third-order valence-electron chi connectivity index (χ3n) is 4.08. The summed E-state index contributed by atoms with van der Waals surface area (Å²) in [5, 5.41) is 1.97. The lowest BCUT2D eigenvalue weighted by Gasteiger charge is -2.24. The monoisotopic (exact) mass is 299 g/mol. The number of carbonyl (C=O) groups is 1. The van der Waals surface area contributed by atoms with Crippen molar-refractivity contribution in [3.8, 4) is 0 Å². The van der Waals surface area contributed by atoms with Crippen LogP contribution in [0.2, 0.25) is 0 Å². The molecule has 0 fully saturated rings. The summed E-state index contributed by atoms with van der Waals surface area (Å²) in [6, 6.07) is 12.6. The predicted molar refractivity (Wildman–Crippen MR) is 89.5 cm³/mol. The lowest BCUT2D eigenvalue weighted by molar-refractivity contribution is 0.0984. The number of thiophene rings is 1. The SMILES string of the molecule is O=C(CCCN1CCCCc2ccccc21)c1cccs1. The molecule has 0 saturated carbocycles. The molecule has 2 aromatic rings. The van der Waals surface area contributed by atoms with E-state index >= 15 is 0 Å². The Morgan fingerprint density at radius 1 is 1.14 bits per heavy atom. The summed E-state index contributed by atoms with van der Waals surface area (Å²) in [5.41, 5.74) is 2.83. The van der Waals surface area contributed by atoms with Crippen molar-refractivity contribution >= 4 is 22.8 Å². The van der Waals surface area contributed by atoms with Crippen molar-refractivity contribution in [1.29, 1.82) is 0 Å². The van der Waals surface area contributed by atoms with Crippen LogP contribution in [-0.4, -0.2) is 18.9 Å². The zero-order chi connectivity index (χ0) is 14.5. The number of benzene rings is 1. The van der Waals surface area contributed by atoms with E-state index in [1.54, 1.807) is 11.3 Å². The highest BCUT2D eigenvalue weighted by molar-refractivity contribution is 7.12. The van der Waals surface area contributed by atoms with Gasteiger partial charge in [-0.25, -0.2) is 0 Å². The second-order valence-corrected chi connectivity index (χ2v) is 6.52. The first-order chi connectivity index (χ1) is 10.3. The average molecular weight is 299 g/mol. The van der Waals surface area contributed by atoms with Crippen molar-refractivity contribution in [2.45, 2.75) is 32.1 Å². The Labute approximate surface area is 130 Å². The summed E-state index contributed by atoms with van der Waals surface area (Å²) in [6.45, 7) is 2.10. The molecule has 0 atom stereocenters. The van der Waals surface area contributed by atoms with Crippen molar-refractivity contribution in [2.24, 2.45) is 0 Å². The molecule has 1 aromatic heterocycles. The van der Waals surface area contributed by atoms with Gasteiger partial charge in [-0.3, -0.25) is 4.79 Å². The standard InChI is InChI=1S/C18H21NOS/c20-17(18-11-6-14-21-18)10-5-13-19-12-4-3-8-15-7-1-2-9-16(15)19/h1-2,6-7,9,11,14H,3-5,8,10,12-13H2. The van der Waals surface area contributed by atoms with E-state index in [9.17, 15) is 4.79 Å². The molecule has 0 saturated heterocycles. The largest absolute Gasteiger partial charge is 0.371 e. The number of nitrogens with zero attached hydrogens (tertiary/aromatic N) is 1. The van der Waals surface area contributed by atoms with Crippen molar-refractivity contribution in [1.82, 2.24) is 0 Å². The molecule has 1 aliphatic rings. The Morgan fingerprint density at radius 2 is 2.05 bits per heavy atom. The van der Waals surface area contributed by atoms with Crippen LogP contribution in [0, 0.1) is 0 Å². The van der Waals surface area contributed by atoms with E-state index in [0.29, 0.717) is 6.42 Å². The molecule has 2 nitrogen and oxygen atoms in total. The fourth-order valence-corrected chi connectivity index (χ4v) is 3.69. The van der Waals surface area contributed by atoms with Gasteiger partial charge in [-0.05, 0) is 48.8 Å². The minimum Gasteiger partial charge on any atom is -0.371 e. The topological polar surface area (TPSA) is 20.3 Å². The number of para-hydroxylation sites is 1. The van der Waals surface area contributed by atoms with Crippen molar-refractivity contribution < 1.29 is 4.79 Å². The number of anilines is 1. The molecule has 21 heavy (non-hydrogen) atoms. The minimum absolute atomic E-state index is 0.285. The van der Waals surface area contributed by atoms with E-state index in [1.807, 2.05) is 17.5 Å². The van der Waals surface area contributed by atoms with E-state index in [0.717, 1.165) is 24.4 Å². The molecular formula is C18H21NOS. The van der Waals surface area contributed by atoms with E-state index in [-0.39, 0.29) is 5.78 Å². The van der Waals surface area contributed by atoms with Crippen LogP contribution < -0.4 is 4.90 Å². The van der Waals surface area contributed by atoms with E-state index in [1.165, 1.54) is 30.5 Å². The van der Waals surface area contributed by atoms with Crippen LogP contribution in [0.15, 0.2) is 41.8 Å². The highest BCUT2D eigenvalue weighted by atomic mass is 32.1. The number of hydrogen-bond acceptors (Lipinski definition) is 3. The molecule has 0 amide bonds. The number of Topliss-reactive ketones (excluding diaryl/α,β-unsaturated/α-hetero) is 1. The molecule has 0 N–H and O–H groups in total. The third-order valence-corrected chi connectivity index (χ3v) is 5.00. The second kappa shape index (κ2) is 6.90. The molecule has 1 aromatic carbocycles. The maximum atomic E-state index is 12.1. The van der Waals surface area contributed by atoms with Gasteiger partial charge in [-0.15, -0.1) is 11.3 Å². The van der Waals surface area contributed by atoms with Crippen LogP contribution in [0.4, 0.5) is 5.69 Å². The van der Waals surface area contributed by atoms with Gasteiger partial charge in [0.05, 0.1) is 4.88 Å². The lowest BCUT2D eigenvalue weighted by atomic mass is 10.1. The number of fused-ring (bicyclic) bond motifs is 1. The molecule has 0 bridgehead atoms. The molecule has 0 unspecified atom stereocenters. The van der Waals surface area contributed by atoms with Crippen LogP contribution in [0.5, 0.6) is 0 Å². The zero-order valence-electron chi connectivity index (χ0n) is 12.3. The minimum atomic E-state index is 0.285. The van der Waals surface area contributed by atoms with Crippen LogP contribution in [0.25, 0.3) is 0 Å². The normalized spacial score (nSPS) is 14.6. The van der Waals surface area contributed by atoms with Crippen LogP contribution in [-0.2, 0) is 6.42 Å². The molecule has 3 rings (SSSR count). The molecule has 0 radical (unpaired) electrons. The summed E-state index contributed by atoms with van der Waals surface area (Å²) in [5.74, 6) is 0.285. The highest BCUT2D eigenvalue weighted by Crippen LogP contribution is 2.26. The first kappa shape index (κ1) is 14.3. The number of carbonyl (C=O) groups excluding carboxylic acids is 1. The summed E-state index contributed by atoms with van der Waals surface area (Å²) >= 11 is 1.55. The number of aryl methyl sites for hydroxylation is 1. The first-order valence-corrected chi connectivity index (χ1v) is 8.62. The summed E-state index contributed by atoms with van der Waals surface area (Å²) in [7, 11) is 0. The fourth-order valence-electron chi connectivity index (χ4n) is 2.99. The van der Waals surface area contributed by atoms with Crippen LogP contribution in [0.1, 0.15) is 40.9 Å². The first-order valence-electron chi connectivity index (χ1n) is 7.74. The van der Waals surface area contributed by atoms with Gasteiger partial charge in [-0.1, -0.05) is 24.3 Å². The third kappa shape index (κ3) is 3.53. The molecule has 0 aliphatic carbocycles. The maximum absolute atomic E-state index is 12.1. The Kier molecular flexibility index (Phi) is 4.71. The second-order valence-electron chi connectivity index (χ2n) is 5.58.